The van der Waals surface area contributed by atoms with Crippen LogP contribution in [0.3, 0.4) is 0 Å². The van der Waals surface area contributed by atoms with E-state index in [-0.39, 0.29) is 11.7 Å². The second-order valence-electron chi connectivity index (χ2n) is 3.24. The van der Waals surface area contributed by atoms with Crippen LogP contribution < -0.4 is 5.73 Å². The molecule has 0 fully saturated rings. The van der Waals surface area contributed by atoms with Gasteiger partial charge < -0.3 is 10.3 Å². The van der Waals surface area contributed by atoms with Crippen LogP contribution in [0.15, 0.2) is 4.52 Å². The van der Waals surface area contributed by atoms with Crippen LogP contribution in [0.1, 0.15) is 37.5 Å². The van der Waals surface area contributed by atoms with Crippen LogP contribution in [-0.4, -0.2) is 16.3 Å². The third-order valence-corrected chi connectivity index (χ3v) is 1.76. The summed E-state index contributed by atoms with van der Waals surface area (Å²) in [6.45, 7) is 1.91. The lowest BCUT2D eigenvalue weighted by atomic mass is 10.2. The summed E-state index contributed by atoms with van der Waals surface area (Å²) in [6.07, 6.45) is -4.10. The molecule has 0 bridgehead atoms. The number of aromatic nitrogens is 2. The Bertz CT molecular complexity index is 310. The van der Waals surface area contributed by atoms with Gasteiger partial charge in [0.15, 0.2) is 5.82 Å². The topological polar surface area (TPSA) is 64.9 Å². The Kier molecular flexibility index (Phi) is 3.67. The molecule has 0 saturated carbocycles. The Balaban J connectivity index is 2.64. The van der Waals surface area contributed by atoms with Crippen molar-refractivity contribution in [3.05, 3.63) is 11.7 Å². The Morgan fingerprint density at radius 3 is 2.67 bits per heavy atom. The molecule has 86 valence electrons. The number of hydrogen-bond donors (Lipinski definition) is 1. The van der Waals surface area contributed by atoms with Gasteiger partial charge >= 0.3 is 6.18 Å². The fourth-order valence-corrected chi connectivity index (χ4v) is 1.10. The van der Waals surface area contributed by atoms with E-state index in [2.05, 4.69) is 14.7 Å². The van der Waals surface area contributed by atoms with Gasteiger partial charge in [0.05, 0.1) is 6.04 Å². The highest BCUT2D eigenvalue weighted by atomic mass is 19.4. The molecule has 0 aliphatic heterocycles. The van der Waals surface area contributed by atoms with Gasteiger partial charge in [-0.05, 0) is 6.42 Å². The van der Waals surface area contributed by atoms with Crippen LogP contribution in [-0.2, 0) is 6.42 Å². The van der Waals surface area contributed by atoms with E-state index in [0.717, 1.165) is 6.42 Å². The van der Waals surface area contributed by atoms with E-state index in [1.807, 2.05) is 6.92 Å². The normalized spacial score (nSPS) is 14.2. The quantitative estimate of drug-likeness (QED) is 0.847. The van der Waals surface area contributed by atoms with Gasteiger partial charge in [-0.1, -0.05) is 18.5 Å². The van der Waals surface area contributed by atoms with Gasteiger partial charge in [0.1, 0.15) is 6.42 Å². The highest BCUT2D eigenvalue weighted by Gasteiger charge is 2.31. The Hall–Kier alpha value is -1.11. The van der Waals surface area contributed by atoms with Crippen LogP contribution in [0, 0.1) is 0 Å². The molecule has 1 unspecified atom stereocenters. The Morgan fingerprint density at radius 2 is 2.13 bits per heavy atom. The molecule has 1 rings (SSSR count). The maximum atomic E-state index is 11.9. The van der Waals surface area contributed by atoms with E-state index in [4.69, 9.17) is 5.73 Å². The maximum Gasteiger partial charge on any atom is 0.396 e. The predicted molar refractivity (Wildman–Crippen MR) is 45.9 cm³/mol. The Labute approximate surface area is 84.6 Å². The Morgan fingerprint density at radius 1 is 1.47 bits per heavy atom. The highest BCUT2D eigenvalue weighted by Crippen LogP contribution is 2.21. The zero-order chi connectivity index (χ0) is 11.5. The van der Waals surface area contributed by atoms with Crippen LogP contribution in [0.25, 0.3) is 0 Å². The average Bonchev–Trinajstić information content (AvgIpc) is 2.50. The van der Waals surface area contributed by atoms with E-state index in [0.29, 0.717) is 6.42 Å². The summed E-state index contributed by atoms with van der Waals surface area (Å²) >= 11 is 0. The van der Waals surface area contributed by atoms with Crippen molar-refractivity contribution in [1.29, 1.82) is 0 Å². The zero-order valence-electron chi connectivity index (χ0n) is 8.21. The molecule has 1 heterocycles. The average molecular weight is 223 g/mol. The third-order valence-electron chi connectivity index (χ3n) is 1.76. The fraction of sp³-hybridized carbons (Fsp3) is 0.750. The molecule has 1 aromatic rings. The van der Waals surface area contributed by atoms with Gasteiger partial charge in [-0.2, -0.15) is 18.2 Å². The number of nitrogens with two attached hydrogens (primary N) is 1. The van der Waals surface area contributed by atoms with Crippen LogP contribution in [0.4, 0.5) is 13.2 Å². The van der Waals surface area contributed by atoms with Crippen molar-refractivity contribution in [3.8, 4) is 0 Å². The molecule has 1 aromatic heterocycles. The zero-order valence-corrected chi connectivity index (χ0v) is 8.21. The lowest BCUT2D eigenvalue weighted by Gasteiger charge is -2.02. The number of rotatable bonds is 4. The minimum absolute atomic E-state index is 0.0658. The van der Waals surface area contributed by atoms with Crippen molar-refractivity contribution >= 4 is 0 Å². The molecular weight excluding hydrogens is 211 g/mol. The van der Waals surface area contributed by atoms with E-state index in [1.165, 1.54) is 0 Å². The lowest BCUT2D eigenvalue weighted by molar-refractivity contribution is -0.128. The second kappa shape index (κ2) is 4.61. The number of hydrogen-bond acceptors (Lipinski definition) is 4. The molecule has 7 heteroatoms. The summed E-state index contributed by atoms with van der Waals surface area (Å²) in [5, 5.41) is 3.22. The largest absolute Gasteiger partial charge is 0.396 e. The smallest absolute Gasteiger partial charge is 0.338 e. The minimum atomic E-state index is -4.32. The predicted octanol–water partition coefficient (Wildman–Crippen LogP) is 1.97. The summed E-state index contributed by atoms with van der Waals surface area (Å²) in [6, 6.07) is -0.482. The van der Waals surface area contributed by atoms with Gasteiger partial charge in [0, 0.05) is 0 Å². The summed E-state index contributed by atoms with van der Waals surface area (Å²) in [5.74, 6) is -0.305. The van der Waals surface area contributed by atoms with Crippen molar-refractivity contribution in [2.24, 2.45) is 5.73 Å². The fourth-order valence-electron chi connectivity index (χ4n) is 1.10. The number of halogens is 3. The molecule has 0 radical (unpaired) electrons. The molecule has 0 saturated heterocycles. The van der Waals surface area contributed by atoms with Gasteiger partial charge in [0.25, 0.3) is 0 Å². The molecule has 1 atom stereocenters. The molecule has 0 aromatic carbocycles. The number of nitrogens with zero attached hydrogens (tertiary/aromatic N) is 2. The van der Waals surface area contributed by atoms with Gasteiger partial charge in [-0.3, -0.25) is 0 Å². The van der Waals surface area contributed by atoms with Crippen LogP contribution >= 0.6 is 0 Å². The van der Waals surface area contributed by atoms with Crippen molar-refractivity contribution in [2.45, 2.75) is 38.4 Å². The van der Waals surface area contributed by atoms with Crippen LogP contribution in [0.2, 0.25) is 0 Å². The summed E-state index contributed by atoms with van der Waals surface area (Å²) in [4.78, 5) is 3.59. The molecule has 0 aliphatic carbocycles. The number of alkyl halides is 3. The van der Waals surface area contributed by atoms with Gasteiger partial charge in [0.2, 0.25) is 5.89 Å². The van der Waals surface area contributed by atoms with E-state index >= 15 is 0 Å². The third kappa shape index (κ3) is 3.86. The molecular formula is C8H12F3N3O. The summed E-state index contributed by atoms with van der Waals surface area (Å²) in [5.41, 5.74) is 5.61. The van der Waals surface area contributed by atoms with Gasteiger partial charge in [-0.15, -0.1) is 0 Å². The van der Waals surface area contributed by atoms with Gasteiger partial charge in [-0.25, -0.2) is 0 Å². The van der Waals surface area contributed by atoms with E-state index in [1.54, 1.807) is 0 Å². The first-order chi connectivity index (χ1) is 6.92. The standard InChI is InChI=1S/C8H12F3N3O/c1-2-3-5(12)7-13-6(14-15-7)4-8(9,10)11/h5H,2-4,12H2,1H3. The van der Waals surface area contributed by atoms with E-state index in [9.17, 15) is 13.2 Å². The molecule has 0 spiro atoms. The first kappa shape index (κ1) is 12.0. The molecule has 2 N–H and O–H groups in total. The first-order valence-corrected chi connectivity index (χ1v) is 4.57. The first-order valence-electron chi connectivity index (χ1n) is 4.57. The maximum absolute atomic E-state index is 11.9. The lowest BCUT2D eigenvalue weighted by Crippen LogP contribution is -2.13. The summed E-state index contributed by atoms with van der Waals surface area (Å²) < 4.78 is 40.5. The van der Waals surface area contributed by atoms with E-state index < -0.39 is 18.6 Å². The van der Waals surface area contributed by atoms with Crippen LogP contribution in [0.5, 0.6) is 0 Å². The highest BCUT2D eigenvalue weighted by molar-refractivity contribution is 4.93. The van der Waals surface area contributed by atoms with Crippen molar-refractivity contribution in [3.63, 3.8) is 0 Å². The van der Waals surface area contributed by atoms with Crippen molar-refractivity contribution in [2.75, 3.05) is 0 Å². The minimum Gasteiger partial charge on any atom is -0.338 e. The SMILES string of the molecule is CCCC(N)c1nc(CC(F)(F)F)no1. The summed E-state index contributed by atoms with van der Waals surface area (Å²) in [7, 11) is 0. The van der Waals surface area contributed by atoms with Crippen molar-refractivity contribution < 1.29 is 17.7 Å². The second-order valence-corrected chi connectivity index (χ2v) is 3.24. The molecule has 0 amide bonds. The van der Waals surface area contributed by atoms with Crippen molar-refractivity contribution in [1.82, 2.24) is 10.1 Å². The monoisotopic (exact) mass is 223 g/mol. The molecule has 15 heavy (non-hydrogen) atoms. The molecule has 4 nitrogen and oxygen atoms in total. The molecule has 0 aliphatic rings.